The van der Waals surface area contributed by atoms with Gasteiger partial charge in [-0.25, -0.2) is 5.43 Å². The number of non-ortho nitro benzene ring substituents is 1. The average molecular weight is 457 g/mol. The second-order valence-corrected chi connectivity index (χ2v) is 6.90. The summed E-state index contributed by atoms with van der Waals surface area (Å²) in [4.78, 5) is 22.6. The zero-order valence-corrected chi connectivity index (χ0v) is 16.8. The maximum atomic E-state index is 12.3. The van der Waals surface area contributed by atoms with E-state index >= 15 is 0 Å². The summed E-state index contributed by atoms with van der Waals surface area (Å²) < 4.78 is 5.79. The third-order valence-corrected chi connectivity index (χ3v) is 4.90. The van der Waals surface area contributed by atoms with Gasteiger partial charge in [-0.15, -0.1) is 0 Å². The van der Waals surface area contributed by atoms with E-state index in [1.807, 2.05) is 36.4 Å². The molecular weight excluding hydrogens is 442 g/mol. The van der Waals surface area contributed by atoms with Crippen LogP contribution in [0.15, 0.2) is 58.1 Å². The monoisotopic (exact) mass is 456 g/mol. The molecule has 8 nitrogen and oxygen atoms in total. The van der Waals surface area contributed by atoms with Gasteiger partial charge >= 0.3 is 0 Å². The molecule has 0 saturated heterocycles. The Morgan fingerprint density at radius 3 is 2.66 bits per heavy atom. The number of nitro groups is 1. The van der Waals surface area contributed by atoms with Crippen molar-refractivity contribution in [1.82, 2.24) is 5.43 Å². The Balaban J connectivity index is 1.77. The topological polar surface area (TPSA) is 117 Å². The van der Waals surface area contributed by atoms with Gasteiger partial charge in [-0.3, -0.25) is 14.9 Å². The van der Waals surface area contributed by atoms with Gasteiger partial charge in [0, 0.05) is 10.5 Å². The van der Waals surface area contributed by atoms with Gasteiger partial charge in [0.05, 0.1) is 30.7 Å². The minimum Gasteiger partial charge on any atom is -0.870 e. The Morgan fingerprint density at radius 2 is 1.97 bits per heavy atom. The normalized spacial score (nSPS) is 11.0. The van der Waals surface area contributed by atoms with E-state index in [1.165, 1.54) is 7.11 Å². The fraction of sp³-hybridized carbons (Fsp3) is 0.100. The molecular formula is C20H15BrN3O5-. The third kappa shape index (κ3) is 4.52. The molecule has 0 fully saturated rings. The zero-order valence-electron chi connectivity index (χ0n) is 15.2. The van der Waals surface area contributed by atoms with Crippen LogP contribution in [0.4, 0.5) is 5.69 Å². The highest BCUT2D eigenvalue weighted by Gasteiger charge is 2.12. The van der Waals surface area contributed by atoms with Crippen molar-refractivity contribution in [3.63, 3.8) is 0 Å². The average Bonchev–Trinajstić information content (AvgIpc) is 2.71. The summed E-state index contributed by atoms with van der Waals surface area (Å²) >= 11 is 3.49. The summed E-state index contributed by atoms with van der Waals surface area (Å²) in [7, 11) is 1.24. The Morgan fingerprint density at radius 1 is 1.24 bits per heavy atom. The molecule has 148 valence electrons. The number of amides is 1. The second kappa shape index (κ2) is 8.70. The molecule has 0 heterocycles. The largest absolute Gasteiger partial charge is 0.870 e. The first-order valence-electron chi connectivity index (χ1n) is 8.42. The maximum absolute atomic E-state index is 12.3. The number of methoxy groups -OCH3 is 1. The lowest BCUT2D eigenvalue weighted by molar-refractivity contribution is -0.385. The summed E-state index contributed by atoms with van der Waals surface area (Å²) in [5.74, 6) is -1.12. The van der Waals surface area contributed by atoms with Gasteiger partial charge in [-0.05, 0) is 28.0 Å². The van der Waals surface area contributed by atoms with Crippen molar-refractivity contribution in [2.24, 2.45) is 5.10 Å². The standard InChI is InChI=1S/C20H16BrN3O5/c1-29-18-10-14(24(27)28)8-13(20(18)26)11-22-23-19(25)9-12-6-7-17(21)16-5-3-2-4-15(12)16/h2-8,10-11,26H,9H2,1H3,(H,23,25)/p-1/b22-11-. The number of halogens is 1. The van der Waals surface area contributed by atoms with Crippen LogP contribution in [0.3, 0.4) is 0 Å². The van der Waals surface area contributed by atoms with Crippen LogP contribution in [0.2, 0.25) is 0 Å². The molecule has 0 aliphatic carbocycles. The van der Waals surface area contributed by atoms with Crippen LogP contribution in [-0.4, -0.2) is 24.2 Å². The summed E-state index contributed by atoms with van der Waals surface area (Å²) in [6.45, 7) is 0. The van der Waals surface area contributed by atoms with E-state index in [9.17, 15) is 20.0 Å². The number of hydrogen-bond acceptors (Lipinski definition) is 6. The molecule has 3 aromatic carbocycles. The van der Waals surface area contributed by atoms with E-state index in [0.717, 1.165) is 39.2 Å². The van der Waals surface area contributed by atoms with Crippen LogP contribution >= 0.6 is 15.9 Å². The van der Waals surface area contributed by atoms with E-state index in [4.69, 9.17) is 4.74 Å². The molecule has 29 heavy (non-hydrogen) atoms. The Hall–Kier alpha value is -3.46. The van der Waals surface area contributed by atoms with Crippen molar-refractivity contribution >= 4 is 44.5 Å². The molecule has 1 N–H and O–H groups in total. The van der Waals surface area contributed by atoms with Crippen molar-refractivity contribution in [3.05, 3.63) is 74.2 Å². The molecule has 0 saturated carbocycles. The van der Waals surface area contributed by atoms with Crippen LogP contribution in [0, 0.1) is 10.1 Å². The molecule has 0 aliphatic rings. The molecule has 1 amide bonds. The van der Waals surface area contributed by atoms with Gasteiger partial charge in [0.2, 0.25) is 5.91 Å². The number of benzene rings is 3. The van der Waals surface area contributed by atoms with Crippen molar-refractivity contribution < 1.29 is 19.6 Å². The van der Waals surface area contributed by atoms with Gasteiger partial charge in [0.1, 0.15) is 5.75 Å². The third-order valence-electron chi connectivity index (χ3n) is 4.20. The Labute approximate surface area is 174 Å². The second-order valence-electron chi connectivity index (χ2n) is 6.05. The van der Waals surface area contributed by atoms with Crippen LogP contribution in [0.1, 0.15) is 11.1 Å². The number of carbonyl (C=O) groups is 1. The lowest BCUT2D eigenvalue weighted by Crippen LogP contribution is -2.20. The number of fused-ring (bicyclic) bond motifs is 1. The summed E-state index contributed by atoms with van der Waals surface area (Å²) in [5, 5.41) is 28.8. The molecule has 0 unspecified atom stereocenters. The van der Waals surface area contributed by atoms with Crippen LogP contribution in [0.25, 0.3) is 10.8 Å². The van der Waals surface area contributed by atoms with Gasteiger partial charge in [0.25, 0.3) is 5.69 Å². The highest BCUT2D eigenvalue weighted by atomic mass is 79.9. The predicted octanol–water partition coefficient (Wildman–Crippen LogP) is 3.29. The summed E-state index contributed by atoms with van der Waals surface area (Å²) in [5.41, 5.74) is 2.79. The van der Waals surface area contributed by atoms with Gasteiger partial charge in [0.15, 0.2) is 0 Å². The maximum Gasteiger partial charge on any atom is 0.273 e. The summed E-state index contributed by atoms with van der Waals surface area (Å²) in [6, 6.07) is 13.5. The highest BCUT2D eigenvalue weighted by molar-refractivity contribution is 9.10. The number of nitrogens with zero attached hydrogens (tertiary/aromatic N) is 2. The molecule has 0 spiro atoms. The van der Waals surface area contributed by atoms with Crippen molar-refractivity contribution in [2.75, 3.05) is 7.11 Å². The van der Waals surface area contributed by atoms with E-state index in [1.54, 1.807) is 0 Å². The fourth-order valence-electron chi connectivity index (χ4n) is 2.83. The first kappa shape index (κ1) is 20.3. The van der Waals surface area contributed by atoms with E-state index in [2.05, 4.69) is 26.5 Å². The van der Waals surface area contributed by atoms with Crippen molar-refractivity contribution in [1.29, 1.82) is 0 Å². The number of nitrogens with one attached hydrogen (secondary N) is 1. The number of hydrogen-bond donors (Lipinski definition) is 1. The van der Waals surface area contributed by atoms with Crippen molar-refractivity contribution in [2.45, 2.75) is 6.42 Å². The van der Waals surface area contributed by atoms with Crippen molar-refractivity contribution in [3.8, 4) is 11.5 Å². The minimum absolute atomic E-state index is 0.0644. The molecule has 9 heteroatoms. The molecule has 3 aromatic rings. The van der Waals surface area contributed by atoms with Gasteiger partial charge in [-0.2, -0.15) is 5.10 Å². The van der Waals surface area contributed by atoms with E-state index in [0.29, 0.717) is 0 Å². The lowest BCUT2D eigenvalue weighted by Gasteiger charge is -2.14. The number of ether oxygens (including phenoxy) is 1. The smallest absolute Gasteiger partial charge is 0.273 e. The van der Waals surface area contributed by atoms with E-state index < -0.39 is 16.6 Å². The Bertz CT molecular complexity index is 1130. The fourth-order valence-corrected chi connectivity index (χ4v) is 3.30. The minimum atomic E-state index is -0.642. The molecule has 3 rings (SSSR count). The first-order valence-corrected chi connectivity index (χ1v) is 9.21. The van der Waals surface area contributed by atoms with Gasteiger partial charge in [-0.1, -0.05) is 52.0 Å². The first-order chi connectivity index (χ1) is 13.9. The predicted molar refractivity (Wildman–Crippen MR) is 110 cm³/mol. The Kier molecular flexibility index (Phi) is 6.08. The lowest BCUT2D eigenvalue weighted by atomic mass is 10.0. The molecule has 0 atom stereocenters. The van der Waals surface area contributed by atoms with Crippen LogP contribution in [0.5, 0.6) is 11.5 Å². The summed E-state index contributed by atoms with van der Waals surface area (Å²) in [6.07, 6.45) is 1.14. The SMILES string of the molecule is COc1cc([N+](=O)[O-])cc(/C=N\NC(=O)Cc2ccc(Br)c3ccccc23)c1[O-]. The van der Waals surface area contributed by atoms with Gasteiger partial charge < -0.3 is 9.84 Å². The van der Waals surface area contributed by atoms with Crippen LogP contribution < -0.4 is 15.3 Å². The number of hydrazone groups is 1. The number of carbonyl (C=O) groups excluding carboxylic acids is 1. The number of nitro benzene ring substituents is 1. The van der Waals surface area contributed by atoms with E-state index in [-0.39, 0.29) is 23.4 Å². The molecule has 0 aromatic heterocycles. The highest BCUT2D eigenvalue weighted by Crippen LogP contribution is 2.31. The molecule has 0 aliphatic heterocycles. The molecule has 0 radical (unpaired) electrons. The zero-order chi connectivity index (χ0) is 21.0. The number of rotatable bonds is 6. The quantitative estimate of drug-likeness (QED) is 0.346. The van der Waals surface area contributed by atoms with Crippen LogP contribution in [-0.2, 0) is 11.2 Å². The molecule has 0 bridgehead atoms.